The van der Waals surface area contributed by atoms with Crippen LogP contribution >= 0.6 is 0 Å². The van der Waals surface area contributed by atoms with Crippen molar-refractivity contribution in [3.8, 4) is 11.5 Å². The van der Waals surface area contributed by atoms with Crippen molar-refractivity contribution < 1.29 is 9.53 Å². The highest BCUT2D eigenvalue weighted by atomic mass is 16.5. The average molecular weight is 270 g/mol. The zero-order chi connectivity index (χ0) is 14.5. The number of aromatic nitrogens is 1. The highest BCUT2D eigenvalue weighted by Crippen LogP contribution is 2.25. The zero-order valence-electron chi connectivity index (χ0n) is 10.9. The van der Waals surface area contributed by atoms with E-state index in [4.69, 9.17) is 16.2 Å². The molecule has 2 aromatic rings. The fraction of sp³-hybridized carbons (Fsp3) is 0.0714. The lowest BCUT2D eigenvalue weighted by Crippen LogP contribution is -2.24. The fourth-order valence-corrected chi connectivity index (χ4v) is 1.56. The van der Waals surface area contributed by atoms with Gasteiger partial charge in [-0.15, -0.1) is 0 Å². The maximum atomic E-state index is 11.8. The minimum atomic E-state index is -0.510. The van der Waals surface area contributed by atoms with E-state index in [0.717, 1.165) is 5.56 Å². The van der Waals surface area contributed by atoms with E-state index in [9.17, 15) is 4.79 Å². The van der Waals surface area contributed by atoms with Crippen LogP contribution in [0.25, 0.3) is 0 Å². The molecule has 0 saturated carbocycles. The van der Waals surface area contributed by atoms with Crippen molar-refractivity contribution in [1.82, 2.24) is 4.98 Å². The molecule has 1 aromatic carbocycles. The summed E-state index contributed by atoms with van der Waals surface area (Å²) < 4.78 is 5.70. The number of guanidine groups is 1. The number of aliphatic imine (C=N–C) groups is 1. The largest absolute Gasteiger partial charge is 0.457 e. The Morgan fingerprint density at radius 2 is 1.90 bits per heavy atom. The summed E-state index contributed by atoms with van der Waals surface area (Å²) in [4.78, 5) is 19.2. The Labute approximate surface area is 116 Å². The minimum Gasteiger partial charge on any atom is -0.457 e. The second-order valence-electron chi connectivity index (χ2n) is 4.11. The number of nitrogens with two attached hydrogens (primary N) is 2. The van der Waals surface area contributed by atoms with Crippen molar-refractivity contribution in [2.45, 2.75) is 6.92 Å². The Morgan fingerprint density at radius 3 is 2.55 bits per heavy atom. The van der Waals surface area contributed by atoms with E-state index in [1.54, 1.807) is 42.7 Å². The number of aryl methyl sites for hydroxylation is 1. The number of pyridine rings is 1. The third-order valence-electron chi connectivity index (χ3n) is 2.54. The summed E-state index contributed by atoms with van der Waals surface area (Å²) >= 11 is 0. The molecule has 0 unspecified atom stereocenters. The van der Waals surface area contributed by atoms with Gasteiger partial charge in [0.15, 0.2) is 5.96 Å². The molecule has 1 heterocycles. The summed E-state index contributed by atoms with van der Waals surface area (Å²) in [6, 6.07) is 8.47. The van der Waals surface area contributed by atoms with Gasteiger partial charge in [0.05, 0.1) is 0 Å². The van der Waals surface area contributed by atoms with Gasteiger partial charge < -0.3 is 16.2 Å². The lowest BCUT2D eigenvalue weighted by atomic mass is 10.1. The third-order valence-corrected chi connectivity index (χ3v) is 2.54. The van der Waals surface area contributed by atoms with Crippen LogP contribution in [-0.4, -0.2) is 16.9 Å². The van der Waals surface area contributed by atoms with Gasteiger partial charge in [-0.2, -0.15) is 4.99 Å². The summed E-state index contributed by atoms with van der Waals surface area (Å²) in [7, 11) is 0. The molecule has 0 fully saturated rings. The van der Waals surface area contributed by atoms with Gasteiger partial charge in [-0.1, -0.05) is 6.07 Å². The predicted molar refractivity (Wildman–Crippen MR) is 75.6 cm³/mol. The molecule has 0 spiro atoms. The van der Waals surface area contributed by atoms with Crippen molar-refractivity contribution in [2.75, 3.05) is 0 Å². The average Bonchev–Trinajstić information content (AvgIpc) is 2.41. The van der Waals surface area contributed by atoms with Gasteiger partial charge in [0.1, 0.15) is 11.5 Å². The van der Waals surface area contributed by atoms with E-state index in [1.807, 2.05) is 6.92 Å². The molecule has 6 heteroatoms. The van der Waals surface area contributed by atoms with Crippen LogP contribution in [0.2, 0.25) is 0 Å². The van der Waals surface area contributed by atoms with Crippen LogP contribution in [0.3, 0.4) is 0 Å². The number of hydrogen-bond acceptors (Lipinski definition) is 3. The molecular formula is C14H14N4O2. The molecule has 0 bridgehead atoms. The molecule has 2 rings (SSSR count). The number of carbonyl (C=O) groups excluding carboxylic acids is 1. The number of amides is 1. The molecule has 1 aromatic heterocycles. The Kier molecular flexibility index (Phi) is 3.95. The number of benzene rings is 1. The quantitative estimate of drug-likeness (QED) is 0.651. The smallest absolute Gasteiger partial charge is 0.280 e. The third kappa shape index (κ3) is 3.32. The molecule has 0 aliphatic carbocycles. The summed E-state index contributed by atoms with van der Waals surface area (Å²) in [5.74, 6) is 0.416. The number of hydrogen-bond donors (Lipinski definition) is 2. The first-order valence-electron chi connectivity index (χ1n) is 5.89. The Morgan fingerprint density at radius 1 is 1.20 bits per heavy atom. The zero-order valence-corrected chi connectivity index (χ0v) is 10.9. The molecule has 6 nitrogen and oxygen atoms in total. The lowest BCUT2D eigenvalue weighted by Gasteiger charge is -2.09. The molecule has 1 amide bonds. The minimum absolute atomic E-state index is 0.271. The maximum Gasteiger partial charge on any atom is 0.280 e. The molecule has 0 aliphatic heterocycles. The van der Waals surface area contributed by atoms with Crippen molar-refractivity contribution >= 4 is 11.9 Å². The molecule has 0 aliphatic rings. The van der Waals surface area contributed by atoms with Crippen molar-refractivity contribution in [3.63, 3.8) is 0 Å². The van der Waals surface area contributed by atoms with Crippen LogP contribution in [0.5, 0.6) is 11.5 Å². The number of ether oxygens (including phenoxy) is 1. The number of rotatable bonds is 3. The van der Waals surface area contributed by atoms with E-state index in [-0.39, 0.29) is 5.96 Å². The van der Waals surface area contributed by atoms with Gasteiger partial charge in [-0.3, -0.25) is 9.78 Å². The van der Waals surface area contributed by atoms with Crippen LogP contribution in [0.15, 0.2) is 47.7 Å². The van der Waals surface area contributed by atoms with Gasteiger partial charge in [0, 0.05) is 18.0 Å². The Balaban J connectivity index is 2.30. The maximum absolute atomic E-state index is 11.8. The molecule has 20 heavy (non-hydrogen) atoms. The topological polar surface area (TPSA) is 104 Å². The van der Waals surface area contributed by atoms with Crippen molar-refractivity contribution in [2.24, 2.45) is 16.5 Å². The monoisotopic (exact) mass is 270 g/mol. The standard InChI is InChI=1S/C14H14N4O2/c1-9-2-3-10(13(19)18-14(15)16)8-12(9)20-11-4-6-17-7-5-11/h2-8H,1H3,(H4,15,16,18,19). The van der Waals surface area contributed by atoms with Crippen LogP contribution in [0.1, 0.15) is 15.9 Å². The number of nitrogens with zero attached hydrogens (tertiary/aromatic N) is 2. The molecule has 0 atom stereocenters. The van der Waals surface area contributed by atoms with Crippen LogP contribution in [0.4, 0.5) is 0 Å². The van der Waals surface area contributed by atoms with Crippen LogP contribution in [0, 0.1) is 6.92 Å². The van der Waals surface area contributed by atoms with Gasteiger partial charge in [-0.25, -0.2) is 0 Å². The molecular weight excluding hydrogens is 256 g/mol. The van der Waals surface area contributed by atoms with Crippen LogP contribution < -0.4 is 16.2 Å². The fourth-order valence-electron chi connectivity index (χ4n) is 1.56. The van der Waals surface area contributed by atoms with Crippen molar-refractivity contribution in [3.05, 3.63) is 53.9 Å². The van der Waals surface area contributed by atoms with Gasteiger partial charge >= 0.3 is 0 Å². The first-order chi connectivity index (χ1) is 9.56. The first kappa shape index (κ1) is 13.5. The SMILES string of the molecule is Cc1ccc(C(=O)N=C(N)N)cc1Oc1ccncc1. The highest BCUT2D eigenvalue weighted by Gasteiger charge is 2.09. The summed E-state index contributed by atoms with van der Waals surface area (Å²) in [5, 5.41) is 0. The molecule has 4 N–H and O–H groups in total. The molecule has 0 saturated heterocycles. The molecule has 0 radical (unpaired) electrons. The number of carbonyl (C=O) groups is 1. The molecule has 102 valence electrons. The van der Waals surface area contributed by atoms with E-state index >= 15 is 0 Å². The van der Waals surface area contributed by atoms with Crippen molar-refractivity contribution in [1.29, 1.82) is 0 Å². The first-order valence-corrected chi connectivity index (χ1v) is 5.89. The van der Waals surface area contributed by atoms with E-state index in [1.165, 1.54) is 0 Å². The summed E-state index contributed by atoms with van der Waals surface area (Å²) in [5.41, 5.74) is 11.6. The van der Waals surface area contributed by atoms with E-state index in [0.29, 0.717) is 17.1 Å². The Bertz CT molecular complexity index is 649. The van der Waals surface area contributed by atoms with E-state index < -0.39 is 5.91 Å². The second-order valence-corrected chi connectivity index (χ2v) is 4.11. The summed E-state index contributed by atoms with van der Waals surface area (Å²) in [6.07, 6.45) is 3.25. The highest BCUT2D eigenvalue weighted by molar-refractivity contribution is 6.02. The van der Waals surface area contributed by atoms with Gasteiger partial charge in [0.25, 0.3) is 5.91 Å². The normalized spacial score (nSPS) is 9.85. The Hall–Kier alpha value is -2.89. The predicted octanol–water partition coefficient (Wildman–Crippen LogP) is 1.60. The second kappa shape index (κ2) is 5.83. The van der Waals surface area contributed by atoms with E-state index in [2.05, 4.69) is 9.98 Å². The van der Waals surface area contributed by atoms with Gasteiger partial charge in [-0.05, 0) is 36.8 Å². The summed E-state index contributed by atoms with van der Waals surface area (Å²) in [6.45, 7) is 1.88. The van der Waals surface area contributed by atoms with Gasteiger partial charge in [0.2, 0.25) is 0 Å². The van der Waals surface area contributed by atoms with Crippen LogP contribution in [-0.2, 0) is 0 Å². The lowest BCUT2D eigenvalue weighted by molar-refractivity contribution is 0.100.